The second-order valence-corrected chi connectivity index (χ2v) is 13.5. The molecule has 0 amide bonds. The van der Waals surface area contributed by atoms with E-state index >= 15 is 8.78 Å². The van der Waals surface area contributed by atoms with E-state index in [2.05, 4.69) is 0 Å². The van der Waals surface area contributed by atoms with Crippen LogP contribution >= 0.6 is 0 Å². The van der Waals surface area contributed by atoms with E-state index in [1.807, 2.05) is 0 Å². The first-order valence-electron chi connectivity index (χ1n) is 12.1. The van der Waals surface area contributed by atoms with Gasteiger partial charge < -0.3 is 14.6 Å². The van der Waals surface area contributed by atoms with Crippen LogP contribution in [-0.2, 0) is 33.4 Å². The molecule has 11 heteroatoms. The molecule has 0 spiro atoms. The molecule has 4 fully saturated rings. The molecule has 9 atom stereocenters. The molecule has 1 aliphatic heterocycles. The molecule has 0 radical (unpaired) electrons. The van der Waals surface area contributed by atoms with Crippen LogP contribution in [0.3, 0.4) is 0 Å². The number of aliphatic hydroxyl groups excluding tert-OH is 1. The predicted octanol–water partition coefficient (Wildman–Crippen LogP) is 2.35. The third-order valence-corrected chi connectivity index (χ3v) is 9.99. The lowest BCUT2D eigenvalue weighted by Gasteiger charge is -2.63. The highest BCUT2D eigenvalue weighted by Crippen LogP contribution is 2.72. The van der Waals surface area contributed by atoms with Crippen LogP contribution in [0, 0.1) is 22.7 Å². The molecule has 36 heavy (non-hydrogen) atoms. The lowest BCUT2D eigenvalue weighted by molar-refractivity contribution is -0.248. The average molecular weight is 531 g/mol. The molecule has 0 bridgehead atoms. The zero-order valence-corrected chi connectivity index (χ0v) is 21.7. The summed E-state index contributed by atoms with van der Waals surface area (Å²) in [5.74, 6) is -4.00. The second-order valence-electron chi connectivity index (χ2n) is 11.8. The maximum absolute atomic E-state index is 17.3. The first kappa shape index (κ1) is 26.1. The molecule has 0 unspecified atom stereocenters. The van der Waals surface area contributed by atoms with Crippen LogP contribution in [0.2, 0.25) is 0 Å². The molecule has 5 rings (SSSR count). The molecular formula is C25H32F2O8S. The number of fused-ring (bicyclic) bond motifs is 7. The van der Waals surface area contributed by atoms with Gasteiger partial charge in [-0.1, -0.05) is 13.0 Å². The number of ketones is 2. The summed E-state index contributed by atoms with van der Waals surface area (Å²) in [6.07, 6.45) is 0.0213. The van der Waals surface area contributed by atoms with Crippen molar-refractivity contribution in [2.75, 3.05) is 12.9 Å². The molecule has 0 aromatic heterocycles. The topological polar surface area (TPSA) is 116 Å². The fraction of sp³-hybridized carbons (Fsp3) is 0.760. The number of Topliss-reactive ketones (excluding diaryl/α,β-unsaturated/α-hetero) is 1. The predicted molar refractivity (Wildman–Crippen MR) is 123 cm³/mol. The van der Waals surface area contributed by atoms with Gasteiger partial charge in [0.15, 0.2) is 28.6 Å². The van der Waals surface area contributed by atoms with Crippen molar-refractivity contribution < 1.29 is 45.6 Å². The SMILES string of the molecule is CC1(C)O[C@@H]2C[C@H]3[C@@H]4C[C@H](F)C5=CC(=O)C=C[C@]5(C)[C@@]4(F)[C@@H](O)C[C@]3(C)[C@]2(C(=O)COS(C)(=O)=O)O1. The minimum atomic E-state index is -3.95. The monoisotopic (exact) mass is 530 g/mol. The normalized spacial score (nSPS) is 49.1. The number of hydrogen-bond acceptors (Lipinski definition) is 8. The van der Waals surface area contributed by atoms with Gasteiger partial charge in [-0.3, -0.25) is 13.8 Å². The smallest absolute Gasteiger partial charge is 0.264 e. The van der Waals surface area contributed by atoms with Gasteiger partial charge in [-0.15, -0.1) is 0 Å². The first-order valence-corrected chi connectivity index (χ1v) is 13.9. The lowest BCUT2D eigenvalue weighted by atomic mass is 9.44. The van der Waals surface area contributed by atoms with Crippen molar-refractivity contribution in [3.8, 4) is 0 Å². The number of carbonyl (C=O) groups is 2. The minimum absolute atomic E-state index is 0.00979. The number of alkyl halides is 2. The van der Waals surface area contributed by atoms with Gasteiger partial charge in [-0.25, -0.2) is 8.78 Å². The van der Waals surface area contributed by atoms with Gasteiger partial charge in [-0.05, 0) is 63.7 Å². The molecule has 4 aliphatic carbocycles. The fourth-order valence-electron chi connectivity index (χ4n) is 8.07. The van der Waals surface area contributed by atoms with Crippen LogP contribution in [0.1, 0.15) is 47.0 Å². The Kier molecular flexibility index (Phi) is 5.46. The third kappa shape index (κ3) is 3.19. The summed E-state index contributed by atoms with van der Waals surface area (Å²) in [5, 5.41) is 11.5. The molecule has 1 saturated heterocycles. The molecule has 0 aromatic carbocycles. The van der Waals surface area contributed by atoms with Crippen molar-refractivity contribution >= 4 is 21.7 Å². The Morgan fingerprint density at radius 2 is 1.89 bits per heavy atom. The van der Waals surface area contributed by atoms with Crippen molar-refractivity contribution in [2.45, 2.75) is 82.4 Å². The zero-order chi connectivity index (χ0) is 26.7. The van der Waals surface area contributed by atoms with Crippen molar-refractivity contribution in [1.29, 1.82) is 0 Å². The molecular weight excluding hydrogens is 498 g/mol. The van der Waals surface area contributed by atoms with E-state index in [9.17, 15) is 23.1 Å². The number of hydrogen-bond donors (Lipinski definition) is 1. The molecule has 3 saturated carbocycles. The van der Waals surface area contributed by atoms with Crippen LogP contribution in [-0.4, -0.2) is 73.4 Å². The Morgan fingerprint density at radius 3 is 2.53 bits per heavy atom. The van der Waals surface area contributed by atoms with E-state index in [0.717, 1.165) is 12.3 Å². The van der Waals surface area contributed by atoms with Gasteiger partial charge in [0.2, 0.25) is 0 Å². The number of aliphatic hydroxyl groups is 1. The summed E-state index contributed by atoms with van der Waals surface area (Å²) in [4.78, 5) is 25.7. The molecule has 0 aromatic rings. The van der Waals surface area contributed by atoms with E-state index in [0.29, 0.717) is 0 Å². The summed E-state index contributed by atoms with van der Waals surface area (Å²) < 4.78 is 73.3. The minimum Gasteiger partial charge on any atom is -0.390 e. The van der Waals surface area contributed by atoms with Gasteiger partial charge in [0.1, 0.15) is 12.8 Å². The van der Waals surface area contributed by atoms with E-state index < -0.39 is 86.4 Å². The highest BCUT2D eigenvalue weighted by molar-refractivity contribution is 7.86. The summed E-state index contributed by atoms with van der Waals surface area (Å²) in [6, 6.07) is 0. The number of carbonyl (C=O) groups excluding carboxylic acids is 2. The van der Waals surface area contributed by atoms with Crippen LogP contribution in [0.4, 0.5) is 8.78 Å². The Morgan fingerprint density at radius 1 is 1.22 bits per heavy atom. The number of halogens is 2. The molecule has 1 N–H and O–H groups in total. The Hall–Kier alpha value is -1.53. The number of ether oxygens (including phenoxy) is 2. The van der Waals surface area contributed by atoms with Gasteiger partial charge in [0.25, 0.3) is 10.1 Å². The zero-order valence-electron chi connectivity index (χ0n) is 20.9. The Labute approximate surface area is 209 Å². The maximum Gasteiger partial charge on any atom is 0.264 e. The molecule has 1 heterocycles. The van der Waals surface area contributed by atoms with E-state index in [1.165, 1.54) is 19.1 Å². The highest BCUT2D eigenvalue weighted by Gasteiger charge is 2.80. The fourth-order valence-corrected chi connectivity index (χ4v) is 8.39. The first-order chi connectivity index (χ1) is 16.4. The Balaban J connectivity index is 1.62. The Bertz CT molecular complexity index is 1200. The third-order valence-electron chi connectivity index (χ3n) is 9.44. The quantitative estimate of drug-likeness (QED) is 0.551. The second kappa shape index (κ2) is 7.53. The summed E-state index contributed by atoms with van der Waals surface area (Å²) in [5.41, 5.74) is -6.80. The highest BCUT2D eigenvalue weighted by atomic mass is 32.2. The number of rotatable bonds is 4. The van der Waals surface area contributed by atoms with Crippen LogP contribution in [0.15, 0.2) is 23.8 Å². The summed E-state index contributed by atoms with van der Waals surface area (Å²) >= 11 is 0. The molecule has 200 valence electrons. The largest absolute Gasteiger partial charge is 0.390 e. The van der Waals surface area contributed by atoms with E-state index in [-0.39, 0.29) is 24.8 Å². The van der Waals surface area contributed by atoms with Crippen LogP contribution in [0.25, 0.3) is 0 Å². The van der Waals surface area contributed by atoms with Crippen molar-refractivity contribution in [2.24, 2.45) is 22.7 Å². The lowest BCUT2D eigenvalue weighted by Crippen LogP contribution is -2.71. The van der Waals surface area contributed by atoms with Gasteiger partial charge >= 0.3 is 0 Å². The van der Waals surface area contributed by atoms with Crippen molar-refractivity contribution in [3.63, 3.8) is 0 Å². The molecule has 8 nitrogen and oxygen atoms in total. The van der Waals surface area contributed by atoms with Crippen LogP contribution < -0.4 is 0 Å². The average Bonchev–Trinajstić information content (AvgIpc) is 3.16. The maximum atomic E-state index is 17.3. The van der Waals surface area contributed by atoms with Gasteiger partial charge in [-0.2, -0.15) is 8.42 Å². The number of allylic oxidation sites excluding steroid dienone is 4. The summed E-state index contributed by atoms with van der Waals surface area (Å²) in [7, 11) is -3.95. The summed E-state index contributed by atoms with van der Waals surface area (Å²) in [6.45, 7) is 5.63. The standard InChI is InChI=1S/C25H32F2O8S/c1-21(2)34-20-10-14-15-9-17(26)16-8-13(28)6-7-22(16,3)24(15,27)18(29)11-23(14,4)25(20,35-21)19(30)12-33-36(5,31)32/h6-8,14-15,17-18,20,29H,9-12H2,1-5H3/t14-,15-,17-,18-,20+,22-,23-,24-,25+/m0/s1. The van der Waals surface area contributed by atoms with Crippen molar-refractivity contribution in [1.82, 2.24) is 0 Å². The van der Waals surface area contributed by atoms with Crippen LogP contribution in [0.5, 0.6) is 0 Å². The van der Waals surface area contributed by atoms with E-state index in [1.54, 1.807) is 20.8 Å². The van der Waals surface area contributed by atoms with Gasteiger partial charge in [0, 0.05) is 16.7 Å². The molecule has 5 aliphatic rings. The van der Waals surface area contributed by atoms with Crippen molar-refractivity contribution in [3.05, 3.63) is 23.8 Å². The van der Waals surface area contributed by atoms with E-state index in [4.69, 9.17) is 13.7 Å². The van der Waals surface area contributed by atoms with Gasteiger partial charge in [0.05, 0.1) is 18.5 Å².